The summed E-state index contributed by atoms with van der Waals surface area (Å²) in [6.07, 6.45) is 1.33. The molecule has 1 heterocycles. The average molecular weight is 338 g/mol. The molecule has 1 aromatic heterocycles. The van der Waals surface area contributed by atoms with E-state index in [9.17, 15) is 4.79 Å². The number of thiophene rings is 1. The van der Waals surface area contributed by atoms with Crippen LogP contribution in [0.4, 0.5) is 0 Å². The Kier molecular flexibility index (Phi) is 5.16. The lowest BCUT2D eigenvalue weighted by Crippen LogP contribution is -2.22. The van der Waals surface area contributed by atoms with Crippen LogP contribution in [0.3, 0.4) is 0 Å². The van der Waals surface area contributed by atoms with Gasteiger partial charge in [-0.25, -0.2) is 0 Å². The van der Waals surface area contributed by atoms with Crippen LogP contribution in [0.1, 0.15) is 22.4 Å². The first-order chi connectivity index (χ1) is 9.16. The van der Waals surface area contributed by atoms with Gasteiger partial charge in [0, 0.05) is 15.8 Å². The second-order valence-electron chi connectivity index (χ2n) is 4.39. The van der Waals surface area contributed by atoms with Crippen molar-refractivity contribution in [3.05, 3.63) is 56.2 Å². The van der Waals surface area contributed by atoms with Crippen LogP contribution in [0.15, 0.2) is 40.2 Å². The predicted octanol–water partition coefficient (Wildman–Crippen LogP) is 4.07. The number of hydrogen-bond donors (Lipinski definition) is 1. The molecule has 0 unspecified atom stereocenters. The number of amides is 1. The van der Waals surface area contributed by atoms with Crippen molar-refractivity contribution in [2.75, 3.05) is 0 Å². The lowest BCUT2D eigenvalue weighted by molar-refractivity contribution is -0.121. The topological polar surface area (TPSA) is 29.1 Å². The molecule has 0 fully saturated rings. The van der Waals surface area contributed by atoms with Crippen molar-refractivity contribution >= 4 is 33.2 Å². The molecule has 0 bridgehead atoms. The van der Waals surface area contributed by atoms with Gasteiger partial charge in [-0.3, -0.25) is 4.79 Å². The van der Waals surface area contributed by atoms with E-state index >= 15 is 0 Å². The minimum atomic E-state index is 0.101. The lowest BCUT2D eigenvalue weighted by Gasteiger charge is -2.06. The SMILES string of the molecule is Cc1ccccc1CCC(=O)NCc1sccc1Br. The lowest BCUT2D eigenvalue weighted by atomic mass is 10.0. The maximum atomic E-state index is 11.8. The van der Waals surface area contributed by atoms with Gasteiger partial charge < -0.3 is 5.32 Å². The molecule has 0 spiro atoms. The standard InChI is InChI=1S/C15H16BrNOS/c1-11-4-2-3-5-12(11)6-7-15(18)17-10-14-13(16)8-9-19-14/h2-5,8-9H,6-7,10H2,1H3,(H,17,18). The Bertz CT molecular complexity index is 565. The molecule has 100 valence electrons. The molecule has 0 aliphatic rings. The minimum absolute atomic E-state index is 0.101. The molecule has 1 amide bonds. The Morgan fingerprint density at radius 1 is 1.32 bits per heavy atom. The molecule has 1 N–H and O–H groups in total. The number of halogens is 1. The second kappa shape index (κ2) is 6.87. The maximum Gasteiger partial charge on any atom is 0.220 e. The summed E-state index contributed by atoms with van der Waals surface area (Å²) in [5.74, 6) is 0.101. The van der Waals surface area contributed by atoms with Gasteiger partial charge in [-0.2, -0.15) is 0 Å². The van der Waals surface area contributed by atoms with Crippen molar-refractivity contribution in [2.24, 2.45) is 0 Å². The van der Waals surface area contributed by atoms with E-state index in [1.807, 2.05) is 23.6 Å². The van der Waals surface area contributed by atoms with Crippen molar-refractivity contribution in [2.45, 2.75) is 26.3 Å². The summed E-state index contributed by atoms with van der Waals surface area (Å²) in [5.41, 5.74) is 2.49. The molecule has 0 saturated heterocycles. The maximum absolute atomic E-state index is 11.8. The van der Waals surface area contributed by atoms with Crippen molar-refractivity contribution < 1.29 is 4.79 Å². The first-order valence-corrected chi connectivity index (χ1v) is 7.87. The number of benzene rings is 1. The third-order valence-corrected chi connectivity index (χ3v) is 4.95. The zero-order chi connectivity index (χ0) is 13.7. The summed E-state index contributed by atoms with van der Waals surface area (Å²) in [5, 5.41) is 4.97. The van der Waals surface area contributed by atoms with Gasteiger partial charge in [-0.05, 0) is 51.8 Å². The first kappa shape index (κ1) is 14.3. The normalized spacial score (nSPS) is 10.4. The highest BCUT2D eigenvalue weighted by molar-refractivity contribution is 9.10. The minimum Gasteiger partial charge on any atom is -0.351 e. The zero-order valence-corrected chi connectivity index (χ0v) is 13.2. The van der Waals surface area contributed by atoms with E-state index in [4.69, 9.17) is 0 Å². The van der Waals surface area contributed by atoms with E-state index in [1.54, 1.807) is 11.3 Å². The fraction of sp³-hybridized carbons (Fsp3) is 0.267. The van der Waals surface area contributed by atoms with Crippen LogP contribution < -0.4 is 5.32 Å². The molecule has 4 heteroatoms. The fourth-order valence-electron chi connectivity index (χ4n) is 1.86. The van der Waals surface area contributed by atoms with Gasteiger partial charge >= 0.3 is 0 Å². The Morgan fingerprint density at radius 3 is 2.79 bits per heavy atom. The third-order valence-electron chi connectivity index (χ3n) is 3.02. The van der Waals surface area contributed by atoms with Crippen molar-refractivity contribution in [1.29, 1.82) is 0 Å². The highest BCUT2D eigenvalue weighted by Gasteiger charge is 2.06. The van der Waals surface area contributed by atoms with Crippen LogP contribution in [0.2, 0.25) is 0 Å². The van der Waals surface area contributed by atoms with Crippen LogP contribution in [0.5, 0.6) is 0 Å². The molecular formula is C15H16BrNOS. The number of aryl methyl sites for hydroxylation is 2. The van der Waals surface area contributed by atoms with Crippen molar-refractivity contribution in [3.63, 3.8) is 0 Å². The Morgan fingerprint density at radius 2 is 2.11 bits per heavy atom. The summed E-state index contributed by atoms with van der Waals surface area (Å²) in [6.45, 7) is 2.68. The van der Waals surface area contributed by atoms with Crippen LogP contribution in [0.25, 0.3) is 0 Å². The second-order valence-corrected chi connectivity index (χ2v) is 6.25. The summed E-state index contributed by atoms with van der Waals surface area (Å²) < 4.78 is 1.07. The molecule has 2 nitrogen and oxygen atoms in total. The summed E-state index contributed by atoms with van der Waals surface area (Å²) in [6, 6.07) is 10.2. The Balaban J connectivity index is 1.79. The Labute approximate surface area is 126 Å². The Hall–Kier alpha value is -1.13. The number of rotatable bonds is 5. The van der Waals surface area contributed by atoms with Crippen molar-refractivity contribution in [1.82, 2.24) is 5.32 Å². The van der Waals surface area contributed by atoms with Crippen LogP contribution in [-0.4, -0.2) is 5.91 Å². The third kappa shape index (κ3) is 4.18. The van der Waals surface area contributed by atoms with E-state index in [0.29, 0.717) is 13.0 Å². The van der Waals surface area contributed by atoms with Crippen molar-refractivity contribution in [3.8, 4) is 0 Å². The summed E-state index contributed by atoms with van der Waals surface area (Å²) in [7, 11) is 0. The fourth-order valence-corrected chi connectivity index (χ4v) is 3.29. The van der Waals surface area contributed by atoms with E-state index in [2.05, 4.69) is 40.3 Å². The number of hydrogen-bond acceptors (Lipinski definition) is 2. The van der Waals surface area contributed by atoms with Gasteiger partial charge in [-0.1, -0.05) is 24.3 Å². The molecular weight excluding hydrogens is 322 g/mol. The van der Waals surface area contributed by atoms with Gasteiger partial charge in [-0.15, -0.1) is 11.3 Å². The first-order valence-electron chi connectivity index (χ1n) is 6.20. The molecule has 0 aliphatic carbocycles. The van der Waals surface area contributed by atoms with E-state index in [-0.39, 0.29) is 5.91 Å². The number of carbonyl (C=O) groups excluding carboxylic acids is 1. The quantitative estimate of drug-likeness (QED) is 0.875. The highest BCUT2D eigenvalue weighted by atomic mass is 79.9. The number of nitrogens with one attached hydrogen (secondary N) is 1. The van der Waals surface area contributed by atoms with Gasteiger partial charge in [0.2, 0.25) is 5.91 Å². The molecule has 2 aromatic rings. The molecule has 2 rings (SSSR count). The van der Waals surface area contributed by atoms with E-state index in [1.165, 1.54) is 11.1 Å². The molecule has 0 aliphatic heterocycles. The smallest absolute Gasteiger partial charge is 0.220 e. The number of carbonyl (C=O) groups is 1. The van der Waals surface area contributed by atoms with Gasteiger partial charge in [0.15, 0.2) is 0 Å². The van der Waals surface area contributed by atoms with Gasteiger partial charge in [0.25, 0.3) is 0 Å². The summed E-state index contributed by atoms with van der Waals surface area (Å²) >= 11 is 5.11. The van der Waals surface area contributed by atoms with Crippen LogP contribution >= 0.6 is 27.3 Å². The van der Waals surface area contributed by atoms with Crippen LogP contribution in [0, 0.1) is 6.92 Å². The molecule has 0 atom stereocenters. The predicted molar refractivity (Wildman–Crippen MR) is 83.4 cm³/mol. The average Bonchev–Trinajstić information content (AvgIpc) is 2.81. The molecule has 1 aromatic carbocycles. The largest absolute Gasteiger partial charge is 0.351 e. The molecule has 19 heavy (non-hydrogen) atoms. The molecule has 0 saturated carbocycles. The molecule has 0 radical (unpaired) electrons. The van der Waals surface area contributed by atoms with Gasteiger partial charge in [0.1, 0.15) is 0 Å². The summed E-state index contributed by atoms with van der Waals surface area (Å²) in [4.78, 5) is 13.0. The van der Waals surface area contributed by atoms with E-state index < -0.39 is 0 Å². The van der Waals surface area contributed by atoms with Crippen LogP contribution in [-0.2, 0) is 17.8 Å². The monoisotopic (exact) mass is 337 g/mol. The highest BCUT2D eigenvalue weighted by Crippen LogP contribution is 2.22. The zero-order valence-electron chi connectivity index (χ0n) is 10.8. The van der Waals surface area contributed by atoms with E-state index in [0.717, 1.165) is 15.8 Å². The van der Waals surface area contributed by atoms with Gasteiger partial charge in [0.05, 0.1) is 6.54 Å².